The molecule has 3 amide bonds. The van der Waals surface area contributed by atoms with Gasteiger partial charge in [0, 0.05) is 16.3 Å². The van der Waals surface area contributed by atoms with Crippen molar-refractivity contribution in [3.63, 3.8) is 0 Å². The highest BCUT2D eigenvalue weighted by Gasteiger charge is 2.53. The zero-order chi connectivity index (χ0) is 23.8. The van der Waals surface area contributed by atoms with E-state index in [0.717, 1.165) is 11.1 Å². The van der Waals surface area contributed by atoms with Crippen molar-refractivity contribution in [2.24, 2.45) is 0 Å². The zero-order valence-corrected chi connectivity index (χ0v) is 19.7. The van der Waals surface area contributed by atoms with E-state index in [1.54, 1.807) is 60.2 Å². The van der Waals surface area contributed by atoms with Crippen molar-refractivity contribution >= 4 is 41.0 Å². The van der Waals surface area contributed by atoms with Crippen LogP contribution in [0.4, 0.5) is 14.9 Å². The second kappa shape index (κ2) is 9.19. The highest BCUT2D eigenvalue weighted by molar-refractivity contribution is 7.99. The van der Waals surface area contributed by atoms with Crippen molar-refractivity contribution < 1.29 is 23.5 Å². The summed E-state index contributed by atoms with van der Waals surface area (Å²) >= 11 is 7.51. The molecule has 2 heterocycles. The van der Waals surface area contributed by atoms with Gasteiger partial charge in [0.2, 0.25) is 0 Å². The molecule has 2 aliphatic heterocycles. The topological polar surface area (TPSA) is 59.1 Å². The molecule has 9 heteroatoms. The summed E-state index contributed by atoms with van der Waals surface area (Å²) in [5.41, 5.74) is 2.15. The quantitative estimate of drug-likeness (QED) is 0.411. The van der Waals surface area contributed by atoms with Gasteiger partial charge in [0.15, 0.2) is 0 Å². The molecule has 0 aromatic heterocycles. The number of anilines is 1. The molecule has 174 valence electrons. The van der Waals surface area contributed by atoms with Crippen LogP contribution in [0.15, 0.2) is 66.7 Å². The van der Waals surface area contributed by atoms with Crippen LogP contribution >= 0.6 is 23.4 Å². The number of carbonyl (C=O) groups excluding carboxylic acids is 2. The number of halogens is 2. The van der Waals surface area contributed by atoms with E-state index in [1.807, 2.05) is 18.2 Å². The number of methoxy groups -OCH3 is 1. The third kappa shape index (κ3) is 4.08. The van der Waals surface area contributed by atoms with Gasteiger partial charge in [-0.15, -0.1) is 11.8 Å². The predicted octanol–water partition coefficient (Wildman–Crippen LogP) is 5.65. The van der Waals surface area contributed by atoms with Crippen LogP contribution in [0.1, 0.15) is 16.5 Å². The Balaban J connectivity index is 1.40. The smallest absolute Gasteiger partial charge is 0.333 e. The molecule has 5 rings (SSSR count). The van der Waals surface area contributed by atoms with Crippen LogP contribution in [-0.4, -0.2) is 35.7 Å². The molecule has 34 heavy (non-hydrogen) atoms. The molecule has 2 atom stereocenters. The van der Waals surface area contributed by atoms with Crippen molar-refractivity contribution in [2.75, 3.05) is 17.8 Å². The largest absolute Gasteiger partial charge is 0.496 e. The van der Waals surface area contributed by atoms with Gasteiger partial charge < -0.3 is 9.47 Å². The SMILES string of the molecule is COc1ccc([C@H]2SC[C@@H]3C(=O)N(c4ccc(Cl)cc4)C(=O)N32)cc1COc1ccc(F)cc1. The van der Waals surface area contributed by atoms with Crippen molar-refractivity contribution in [1.29, 1.82) is 0 Å². The summed E-state index contributed by atoms with van der Waals surface area (Å²) in [6.45, 7) is 0.202. The molecule has 3 aromatic carbocycles. The zero-order valence-electron chi connectivity index (χ0n) is 18.1. The van der Waals surface area contributed by atoms with Gasteiger partial charge in [-0.05, 0) is 66.2 Å². The highest BCUT2D eigenvalue weighted by atomic mass is 35.5. The van der Waals surface area contributed by atoms with Crippen LogP contribution in [-0.2, 0) is 11.4 Å². The Bertz CT molecular complexity index is 1240. The van der Waals surface area contributed by atoms with Gasteiger partial charge in [0.05, 0.1) is 12.8 Å². The first-order chi connectivity index (χ1) is 16.5. The summed E-state index contributed by atoms with van der Waals surface area (Å²) < 4.78 is 24.5. The van der Waals surface area contributed by atoms with E-state index in [4.69, 9.17) is 21.1 Å². The van der Waals surface area contributed by atoms with Crippen molar-refractivity contribution in [3.05, 3.63) is 88.7 Å². The Labute approximate surface area is 205 Å². The molecular weight excluding hydrogens is 479 g/mol. The van der Waals surface area contributed by atoms with Gasteiger partial charge in [-0.3, -0.25) is 9.69 Å². The Hall–Kier alpha value is -3.23. The number of urea groups is 1. The monoisotopic (exact) mass is 498 g/mol. The summed E-state index contributed by atoms with van der Waals surface area (Å²) in [4.78, 5) is 29.2. The second-order valence-electron chi connectivity index (χ2n) is 7.86. The number of hydrogen-bond donors (Lipinski definition) is 0. The van der Waals surface area contributed by atoms with Crippen molar-refractivity contribution in [1.82, 2.24) is 4.90 Å². The third-order valence-corrected chi connectivity index (χ3v) is 7.38. The first-order valence-corrected chi connectivity index (χ1v) is 12.0. The number of amides is 3. The van der Waals surface area contributed by atoms with E-state index in [-0.39, 0.29) is 29.7 Å². The third-order valence-electron chi connectivity index (χ3n) is 5.80. The van der Waals surface area contributed by atoms with E-state index in [2.05, 4.69) is 0 Å². The fourth-order valence-corrected chi connectivity index (χ4v) is 5.66. The molecular formula is C25H20ClFN2O4S. The number of carbonyl (C=O) groups is 2. The average molecular weight is 499 g/mol. The minimum absolute atomic E-state index is 0.202. The number of imide groups is 1. The molecule has 0 spiro atoms. The molecule has 0 unspecified atom stereocenters. The maximum Gasteiger partial charge on any atom is 0.333 e. The molecule has 3 aromatic rings. The molecule has 2 saturated heterocycles. The number of fused-ring (bicyclic) bond motifs is 1. The van der Waals surface area contributed by atoms with Gasteiger partial charge in [-0.1, -0.05) is 17.7 Å². The molecule has 2 fully saturated rings. The fourth-order valence-electron chi connectivity index (χ4n) is 4.13. The van der Waals surface area contributed by atoms with Crippen LogP contribution in [0.25, 0.3) is 0 Å². The molecule has 6 nitrogen and oxygen atoms in total. The molecule has 0 bridgehead atoms. The molecule has 0 saturated carbocycles. The van der Waals surface area contributed by atoms with Gasteiger partial charge >= 0.3 is 6.03 Å². The van der Waals surface area contributed by atoms with Crippen LogP contribution in [0.2, 0.25) is 5.02 Å². The molecule has 2 aliphatic rings. The molecule has 0 N–H and O–H groups in total. The number of ether oxygens (including phenoxy) is 2. The van der Waals surface area contributed by atoms with Crippen LogP contribution in [0.3, 0.4) is 0 Å². The number of hydrogen-bond acceptors (Lipinski definition) is 5. The number of rotatable bonds is 6. The van der Waals surface area contributed by atoms with E-state index >= 15 is 0 Å². The Kier molecular flexibility index (Phi) is 6.10. The van der Waals surface area contributed by atoms with Crippen molar-refractivity contribution in [3.8, 4) is 11.5 Å². The van der Waals surface area contributed by atoms with E-state index in [0.29, 0.717) is 28.0 Å². The first kappa shape index (κ1) is 22.6. The lowest BCUT2D eigenvalue weighted by Gasteiger charge is -2.24. The van der Waals surface area contributed by atoms with Gasteiger partial charge in [0.25, 0.3) is 5.91 Å². The van der Waals surface area contributed by atoms with E-state index in [9.17, 15) is 14.0 Å². The molecule has 0 radical (unpaired) electrons. The van der Waals surface area contributed by atoms with Crippen LogP contribution < -0.4 is 14.4 Å². The van der Waals surface area contributed by atoms with Crippen molar-refractivity contribution in [2.45, 2.75) is 18.0 Å². The van der Waals surface area contributed by atoms with Crippen LogP contribution in [0.5, 0.6) is 11.5 Å². The van der Waals surface area contributed by atoms with Crippen LogP contribution in [0, 0.1) is 5.82 Å². The first-order valence-electron chi connectivity index (χ1n) is 10.5. The number of thioether (sulfide) groups is 1. The average Bonchev–Trinajstić information content (AvgIpc) is 3.39. The van der Waals surface area contributed by atoms with Gasteiger partial charge in [0.1, 0.15) is 35.3 Å². The minimum Gasteiger partial charge on any atom is -0.496 e. The lowest BCUT2D eigenvalue weighted by Crippen LogP contribution is -2.33. The Morgan fingerprint density at radius 3 is 2.50 bits per heavy atom. The summed E-state index contributed by atoms with van der Waals surface area (Å²) in [6, 6.07) is 17.2. The predicted molar refractivity (Wildman–Crippen MR) is 129 cm³/mol. The lowest BCUT2D eigenvalue weighted by atomic mass is 10.1. The standard InChI is InChI=1S/C25H20ClFN2O4S/c1-32-22-11-2-15(12-16(22)13-33-20-9-5-18(27)6-10-20)24-29-21(14-34-24)23(30)28(25(29)31)19-7-3-17(26)4-8-19/h2-12,21,24H,13-14H2,1H3/t21-,24-/m1/s1. The molecule has 0 aliphatic carbocycles. The van der Waals surface area contributed by atoms with Gasteiger partial charge in [-0.2, -0.15) is 0 Å². The maximum absolute atomic E-state index is 13.3. The summed E-state index contributed by atoms with van der Waals surface area (Å²) in [7, 11) is 1.57. The second-order valence-corrected chi connectivity index (χ2v) is 9.40. The summed E-state index contributed by atoms with van der Waals surface area (Å²) in [6.07, 6.45) is 0. The Morgan fingerprint density at radius 1 is 1.06 bits per heavy atom. The fraction of sp³-hybridized carbons (Fsp3) is 0.200. The minimum atomic E-state index is -0.529. The number of benzene rings is 3. The van der Waals surface area contributed by atoms with E-state index < -0.39 is 6.04 Å². The maximum atomic E-state index is 13.3. The summed E-state index contributed by atoms with van der Waals surface area (Å²) in [5, 5.41) is 0.208. The number of nitrogens with zero attached hydrogens (tertiary/aromatic N) is 2. The highest BCUT2D eigenvalue weighted by Crippen LogP contribution is 2.46. The van der Waals surface area contributed by atoms with Gasteiger partial charge in [-0.25, -0.2) is 14.1 Å². The van der Waals surface area contributed by atoms with E-state index in [1.165, 1.54) is 17.0 Å². The summed E-state index contributed by atoms with van der Waals surface area (Å²) in [5.74, 6) is 1.10. The Morgan fingerprint density at radius 2 is 1.79 bits per heavy atom. The lowest BCUT2D eigenvalue weighted by molar-refractivity contribution is -0.119. The normalized spacial score (nSPS) is 19.5.